The average molecular weight is 666 g/mol. The van der Waals surface area contributed by atoms with Crippen molar-refractivity contribution >= 4 is 33.9 Å². The highest BCUT2D eigenvalue weighted by Crippen LogP contribution is 2.35. The van der Waals surface area contributed by atoms with Crippen LogP contribution in [0.25, 0.3) is 33.6 Å². The number of piperidine rings is 1. The lowest BCUT2D eigenvalue weighted by Gasteiger charge is -2.36. The predicted molar refractivity (Wildman–Crippen MR) is 185 cm³/mol. The third kappa shape index (κ3) is 6.01. The molecule has 6 heterocycles. The topological polar surface area (TPSA) is 155 Å². The fraction of sp³-hybridized carbons (Fsp3) is 0.444. The highest BCUT2D eigenvalue weighted by atomic mass is 16.5. The maximum atomic E-state index is 13.7. The fourth-order valence-electron chi connectivity index (χ4n) is 7.21. The minimum absolute atomic E-state index is 0.0638. The van der Waals surface area contributed by atoms with E-state index in [1.807, 2.05) is 36.7 Å². The molecule has 4 aromatic heterocycles. The second-order valence-corrected chi connectivity index (χ2v) is 13.1. The highest BCUT2D eigenvalue weighted by Gasteiger charge is 2.31. The molecule has 0 spiro atoms. The van der Waals surface area contributed by atoms with E-state index >= 15 is 0 Å². The van der Waals surface area contributed by atoms with E-state index in [0.29, 0.717) is 47.9 Å². The summed E-state index contributed by atoms with van der Waals surface area (Å²) in [6.07, 6.45) is 5.85. The molecule has 49 heavy (non-hydrogen) atoms. The predicted octanol–water partition coefficient (Wildman–Crippen LogP) is 4.10. The Bertz CT molecular complexity index is 2070. The number of hydrogen-bond acceptors (Lipinski definition) is 9. The average Bonchev–Trinajstić information content (AvgIpc) is 3.63. The van der Waals surface area contributed by atoms with Crippen molar-refractivity contribution in [3.8, 4) is 17.3 Å². The number of benzene rings is 1. The number of fused-ring (bicyclic) bond motifs is 3. The van der Waals surface area contributed by atoms with E-state index in [9.17, 15) is 9.59 Å². The number of aromatic nitrogens is 6. The van der Waals surface area contributed by atoms with Crippen LogP contribution in [0.15, 0.2) is 36.5 Å². The lowest BCUT2D eigenvalue weighted by atomic mass is 10.0. The molecule has 1 aromatic carbocycles. The first kappa shape index (κ1) is 32.7. The summed E-state index contributed by atoms with van der Waals surface area (Å²) in [5, 5.41) is 4.08. The third-order valence-electron chi connectivity index (χ3n) is 9.90. The second-order valence-electron chi connectivity index (χ2n) is 13.1. The Morgan fingerprint density at radius 2 is 1.90 bits per heavy atom. The Morgan fingerprint density at radius 1 is 1.06 bits per heavy atom. The monoisotopic (exact) mass is 665 g/mol. The van der Waals surface area contributed by atoms with Crippen molar-refractivity contribution in [1.29, 1.82) is 0 Å². The molecule has 3 atom stereocenters. The number of rotatable bonds is 4. The van der Waals surface area contributed by atoms with Crippen molar-refractivity contribution in [2.24, 2.45) is 12.8 Å². The van der Waals surface area contributed by atoms with Gasteiger partial charge in [-0.05, 0) is 69.9 Å². The molecule has 0 aliphatic carbocycles. The van der Waals surface area contributed by atoms with Gasteiger partial charge in [0.2, 0.25) is 0 Å². The van der Waals surface area contributed by atoms with Gasteiger partial charge < -0.3 is 34.6 Å². The second kappa shape index (κ2) is 13.2. The number of carbonyl (C=O) groups is 2. The number of nitrogens with zero attached hydrogens (tertiary/aromatic N) is 7. The number of nitrogens with two attached hydrogens (primary N) is 1. The van der Waals surface area contributed by atoms with Gasteiger partial charge in [-0.1, -0.05) is 6.42 Å². The summed E-state index contributed by atoms with van der Waals surface area (Å²) >= 11 is 0. The van der Waals surface area contributed by atoms with Gasteiger partial charge >= 0.3 is 0 Å². The number of pyridine rings is 1. The van der Waals surface area contributed by atoms with Gasteiger partial charge in [0.05, 0.1) is 36.2 Å². The molecule has 3 N–H and O–H groups in total. The maximum absolute atomic E-state index is 13.7. The van der Waals surface area contributed by atoms with Crippen molar-refractivity contribution in [3.05, 3.63) is 64.9 Å². The van der Waals surface area contributed by atoms with Crippen LogP contribution in [0.4, 0.5) is 0 Å². The van der Waals surface area contributed by atoms with Crippen LogP contribution in [0, 0.1) is 6.92 Å². The van der Waals surface area contributed by atoms with E-state index in [0.717, 1.165) is 71.6 Å². The maximum Gasteiger partial charge on any atom is 0.270 e. The van der Waals surface area contributed by atoms with Crippen molar-refractivity contribution in [3.63, 3.8) is 0 Å². The molecule has 5 aromatic rings. The van der Waals surface area contributed by atoms with E-state index in [2.05, 4.69) is 25.9 Å². The molecule has 2 bridgehead atoms. The van der Waals surface area contributed by atoms with E-state index in [1.165, 1.54) is 0 Å². The van der Waals surface area contributed by atoms with Crippen LogP contribution in [0.5, 0.6) is 5.75 Å². The molecule has 2 aliphatic heterocycles. The Hall–Kier alpha value is -4.88. The van der Waals surface area contributed by atoms with Crippen LogP contribution < -0.4 is 15.8 Å². The van der Waals surface area contributed by atoms with Crippen LogP contribution >= 0.6 is 0 Å². The zero-order chi connectivity index (χ0) is 34.4. The molecule has 256 valence electrons. The summed E-state index contributed by atoms with van der Waals surface area (Å²) < 4.78 is 15.6. The first-order valence-electron chi connectivity index (χ1n) is 16.9. The van der Waals surface area contributed by atoms with Crippen molar-refractivity contribution < 1.29 is 19.1 Å². The first-order chi connectivity index (χ1) is 23.7. The highest BCUT2D eigenvalue weighted by molar-refractivity contribution is 6.00. The number of aryl methyl sites for hydroxylation is 4. The summed E-state index contributed by atoms with van der Waals surface area (Å²) in [7, 11) is 5.23. The molecule has 2 aliphatic rings. The number of nitrogens with one attached hydrogen (secondary N) is 1. The Balaban J connectivity index is 1.27. The van der Waals surface area contributed by atoms with Gasteiger partial charge in [-0.25, -0.2) is 19.9 Å². The molecule has 7 rings (SSSR count). The number of imidazole rings is 1. The van der Waals surface area contributed by atoms with Gasteiger partial charge in [-0.15, -0.1) is 0 Å². The smallest absolute Gasteiger partial charge is 0.270 e. The Kier molecular flexibility index (Phi) is 8.80. The van der Waals surface area contributed by atoms with Gasteiger partial charge in [-0.2, -0.15) is 0 Å². The van der Waals surface area contributed by atoms with Gasteiger partial charge in [0.1, 0.15) is 28.4 Å². The van der Waals surface area contributed by atoms with Crippen molar-refractivity contribution in [2.75, 3.05) is 27.3 Å². The lowest BCUT2D eigenvalue weighted by Crippen LogP contribution is -2.53. The number of ether oxygens (including phenoxy) is 2. The summed E-state index contributed by atoms with van der Waals surface area (Å²) in [5.41, 5.74) is 12.1. The molecule has 0 unspecified atom stereocenters. The summed E-state index contributed by atoms with van der Waals surface area (Å²) in [6.45, 7) is 5.45. The molecule has 13 heteroatoms. The molecule has 0 saturated carbocycles. The molecule has 2 amide bonds. The summed E-state index contributed by atoms with van der Waals surface area (Å²) in [5.74, 6) is 1.55. The minimum Gasteiger partial charge on any atom is -0.494 e. The van der Waals surface area contributed by atoms with Gasteiger partial charge in [0.25, 0.3) is 11.8 Å². The Morgan fingerprint density at radius 3 is 2.67 bits per heavy atom. The molecule has 1 saturated heterocycles. The first-order valence-corrected chi connectivity index (χ1v) is 16.9. The number of amides is 2. The standard InChI is InChI=1S/C36H43N9O4/c1-20-26-11-10-22-16-28(45(33(22)41-26)13-8-6-7-9-23-18-38-21(2)40-31(23)35(46)39-20)34-42-27-15-24(17-30(49-5)32(27)43(34)3)36(47)44-14-12-29(48-4)25(37)19-44/h10-11,15-18,20,25,29H,6-9,12-14,19,37H2,1-5H3,(H,39,46)/t20-,25+,29-/m1/s1. The fourth-order valence-corrected chi connectivity index (χ4v) is 7.21. The summed E-state index contributed by atoms with van der Waals surface area (Å²) in [6, 6.07) is 9.15. The number of methoxy groups -OCH3 is 2. The third-order valence-corrected chi connectivity index (χ3v) is 9.90. The molecule has 1 fully saturated rings. The largest absolute Gasteiger partial charge is 0.494 e. The van der Waals surface area contributed by atoms with Gasteiger partial charge in [-0.3, -0.25) is 9.59 Å². The molecule has 0 radical (unpaired) electrons. The van der Waals surface area contributed by atoms with Crippen molar-refractivity contribution in [1.82, 2.24) is 39.3 Å². The van der Waals surface area contributed by atoms with E-state index in [4.69, 9.17) is 25.2 Å². The van der Waals surface area contributed by atoms with Gasteiger partial charge in [0.15, 0.2) is 5.82 Å². The number of likely N-dealkylation sites (tertiary alicyclic amines) is 1. The molecule has 13 nitrogen and oxygen atoms in total. The Labute approximate surface area is 284 Å². The van der Waals surface area contributed by atoms with E-state index < -0.39 is 0 Å². The van der Waals surface area contributed by atoms with Crippen LogP contribution in [0.1, 0.15) is 76.6 Å². The molecular formula is C36H43N9O4. The SMILES string of the molecule is COc1cc(C(=O)N2CC[C@@H](OC)[C@@H](N)C2)cc2nc(-c3cc4ccc5nc4n3CCCCCc3cnc(C)nc3C(=O)N[C@@H]5C)n(C)c12. The minimum atomic E-state index is -0.347. The number of hydrogen-bond donors (Lipinski definition) is 2. The van der Waals surface area contributed by atoms with Crippen LogP contribution in [-0.2, 0) is 24.8 Å². The van der Waals surface area contributed by atoms with Crippen LogP contribution in [-0.4, -0.2) is 85.2 Å². The summed E-state index contributed by atoms with van der Waals surface area (Å²) in [4.78, 5) is 47.9. The van der Waals surface area contributed by atoms with Crippen LogP contribution in [0.3, 0.4) is 0 Å². The number of carbonyl (C=O) groups excluding carboxylic acids is 2. The van der Waals surface area contributed by atoms with Crippen molar-refractivity contribution in [2.45, 2.75) is 70.7 Å². The van der Waals surface area contributed by atoms with Crippen LogP contribution in [0.2, 0.25) is 0 Å². The van der Waals surface area contributed by atoms with E-state index in [1.54, 1.807) is 38.3 Å². The zero-order valence-corrected chi connectivity index (χ0v) is 28.7. The lowest BCUT2D eigenvalue weighted by molar-refractivity contribution is 0.0227. The molecular weight excluding hydrogens is 622 g/mol. The quantitative estimate of drug-likeness (QED) is 0.289. The zero-order valence-electron chi connectivity index (χ0n) is 28.7. The normalized spacial score (nSPS) is 20.3. The van der Waals surface area contributed by atoms with E-state index in [-0.39, 0.29) is 30.0 Å². The van der Waals surface area contributed by atoms with Gasteiger partial charge in [0, 0.05) is 62.5 Å².